The summed E-state index contributed by atoms with van der Waals surface area (Å²) in [4.78, 5) is 10.9. The van der Waals surface area contributed by atoms with Gasteiger partial charge in [-0.15, -0.1) is 0 Å². The summed E-state index contributed by atoms with van der Waals surface area (Å²) in [6.07, 6.45) is 2.53. The van der Waals surface area contributed by atoms with Crippen molar-refractivity contribution in [1.29, 1.82) is 0 Å². The smallest absolute Gasteiger partial charge is 0.306 e. The Morgan fingerprint density at radius 2 is 2.55 bits per heavy atom. The molecular weight excluding hydrogens is 142 g/mol. The van der Waals surface area contributed by atoms with Gasteiger partial charge in [-0.25, -0.2) is 0 Å². The lowest BCUT2D eigenvalue weighted by Crippen LogP contribution is -2.20. The van der Waals surface area contributed by atoms with Crippen molar-refractivity contribution in [2.45, 2.75) is 32.3 Å². The molecule has 1 fully saturated rings. The Balaban J connectivity index is 2.13. The molecule has 0 aliphatic carbocycles. The second-order valence-corrected chi connectivity index (χ2v) is 2.85. The lowest BCUT2D eigenvalue weighted by atomic mass is 10.3. The zero-order chi connectivity index (χ0) is 8.10. The van der Waals surface area contributed by atoms with E-state index in [-0.39, 0.29) is 12.1 Å². The standard InChI is InChI=1S/C8H15NO2/c1-2-3-8(10)11-7-4-5-9-6-7/h7,9H,2-6H2,1H3/t7-/m0/s1. The van der Waals surface area contributed by atoms with E-state index in [2.05, 4.69) is 5.32 Å². The van der Waals surface area contributed by atoms with Gasteiger partial charge < -0.3 is 10.1 Å². The van der Waals surface area contributed by atoms with E-state index in [1.807, 2.05) is 6.92 Å². The minimum Gasteiger partial charge on any atom is -0.461 e. The molecule has 1 N–H and O–H groups in total. The molecule has 1 atom stereocenters. The summed E-state index contributed by atoms with van der Waals surface area (Å²) in [5.41, 5.74) is 0. The van der Waals surface area contributed by atoms with Crippen molar-refractivity contribution in [3.8, 4) is 0 Å². The summed E-state index contributed by atoms with van der Waals surface area (Å²) < 4.78 is 5.15. The van der Waals surface area contributed by atoms with Gasteiger partial charge in [0, 0.05) is 13.0 Å². The van der Waals surface area contributed by atoms with Crippen molar-refractivity contribution in [1.82, 2.24) is 5.32 Å². The van der Waals surface area contributed by atoms with Crippen LogP contribution in [0.3, 0.4) is 0 Å². The molecule has 0 saturated carbocycles. The average Bonchev–Trinajstić information content (AvgIpc) is 2.40. The van der Waals surface area contributed by atoms with Crippen molar-refractivity contribution in [2.24, 2.45) is 0 Å². The highest BCUT2D eigenvalue weighted by Crippen LogP contribution is 2.04. The Morgan fingerprint density at radius 3 is 3.09 bits per heavy atom. The van der Waals surface area contributed by atoms with Crippen molar-refractivity contribution in [3.63, 3.8) is 0 Å². The van der Waals surface area contributed by atoms with Crippen LogP contribution in [0.25, 0.3) is 0 Å². The van der Waals surface area contributed by atoms with E-state index in [1.165, 1.54) is 0 Å². The molecule has 0 unspecified atom stereocenters. The van der Waals surface area contributed by atoms with Crippen LogP contribution in [-0.4, -0.2) is 25.2 Å². The quantitative estimate of drug-likeness (QED) is 0.612. The zero-order valence-corrected chi connectivity index (χ0v) is 6.93. The van der Waals surface area contributed by atoms with E-state index in [9.17, 15) is 4.79 Å². The second kappa shape index (κ2) is 4.34. The highest BCUT2D eigenvalue weighted by Gasteiger charge is 2.17. The fraction of sp³-hybridized carbons (Fsp3) is 0.875. The first kappa shape index (κ1) is 8.53. The molecule has 64 valence electrons. The maximum Gasteiger partial charge on any atom is 0.306 e. The topological polar surface area (TPSA) is 38.3 Å². The fourth-order valence-electron chi connectivity index (χ4n) is 1.18. The molecule has 0 aromatic rings. The number of ether oxygens (including phenoxy) is 1. The molecule has 1 heterocycles. The van der Waals surface area contributed by atoms with Gasteiger partial charge in [-0.2, -0.15) is 0 Å². The van der Waals surface area contributed by atoms with Crippen LogP contribution in [0.5, 0.6) is 0 Å². The molecule has 11 heavy (non-hydrogen) atoms. The first-order valence-electron chi connectivity index (χ1n) is 4.23. The van der Waals surface area contributed by atoms with Gasteiger partial charge in [-0.1, -0.05) is 6.92 Å². The fourth-order valence-corrected chi connectivity index (χ4v) is 1.18. The van der Waals surface area contributed by atoms with Crippen LogP contribution in [0.1, 0.15) is 26.2 Å². The second-order valence-electron chi connectivity index (χ2n) is 2.85. The molecule has 0 amide bonds. The minimum absolute atomic E-state index is 0.0544. The van der Waals surface area contributed by atoms with E-state index >= 15 is 0 Å². The Kier molecular flexibility index (Phi) is 3.36. The van der Waals surface area contributed by atoms with Gasteiger partial charge in [0.05, 0.1) is 0 Å². The number of carbonyl (C=O) groups is 1. The first-order chi connectivity index (χ1) is 5.33. The molecule has 0 radical (unpaired) electrons. The maximum atomic E-state index is 10.9. The first-order valence-corrected chi connectivity index (χ1v) is 4.23. The van der Waals surface area contributed by atoms with Gasteiger partial charge in [0.2, 0.25) is 0 Å². The summed E-state index contributed by atoms with van der Waals surface area (Å²) in [5.74, 6) is -0.0544. The van der Waals surface area contributed by atoms with E-state index in [1.54, 1.807) is 0 Å². The number of nitrogens with one attached hydrogen (secondary N) is 1. The molecule has 3 nitrogen and oxygen atoms in total. The number of hydrogen-bond acceptors (Lipinski definition) is 3. The van der Waals surface area contributed by atoms with Crippen molar-refractivity contribution in [3.05, 3.63) is 0 Å². The van der Waals surface area contributed by atoms with Crippen LogP contribution in [0.4, 0.5) is 0 Å². The molecule has 0 spiro atoms. The number of rotatable bonds is 3. The lowest BCUT2D eigenvalue weighted by molar-refractivity contribution is -0.148. The third-order valence-electron chi connectivity index (χ3n) is 1.77. The summed E-state index contributed by atoms with van der Waals surface area (Å²) in [5, 5.41) is 3.14. The molecule has 1 aliphatic heterocycles. The summed E-state index contributed by atoms with van der Waals surface area (Å²) in [7, 11) is 0. The molecule has 1 saturated heterocycles. The highest BCUT2D eigenvalue weighted by atomic mass is 16.5. The van der Waals surface area contributed by atoms with Gasteiger partial charge in [0.25, 0.3) is 0 Å². The Bertz CT molecular complexity index is 130. The predicted octanol–water partition coefficient (Wildman–Crippen LogP) is 0.692. The van der Waals surface area contributed by atoms with E-state index < -0.39 is 0 Å². The molecule has 0 aromatic heterocycles. The van der Waals surface area contributed by atoms with Gasteiger partial charge in [-0.05, 0) is 19.4 Å². The van der Waals surface area contributed by atoms with Crippen molar-refractivity contribution in [2.75, 3.05) is 13.1 Å². The number of hydrogen-bond donors (Lipinski definition) is 1. The van der Waals surface area contributed by atoms with Crippen molar-refractivity contribution >= 4 is 5.97 Å². The van der Waals surface area contributed by atoms with Gasteiger partial charge in [0.15, 0.2) is 0 Å². The summed E-state index contributed by atoms with van der Waals surface area (Å²) >= 11 is 0. The average molecular weight is 157 g/mol. The largest absolute Gasteiger partial charge is 0.461 e. The molecule has 1 rings (SSSR count). The van der Waals surface area contributed by atoms with E-state index in [4.69, 9.17) is 4.74 Å². The third kappa shape index (κ3) is 2.89. The van der Waals surface area contributed by atoms with Crippen LogP contribution < -0.4 is 5.32 Å². The van der Waals surface area contributed by atoms with Crippen LogP contribution in [-0.2, 0) is 9.53 Å². The van der Waals surface area contributed by atoms with E-state index in [0.717, 1.165) is 25.9 Å². The Morgan fingerprint density at radius 1 is 1.73 bits per heavy atom. The van der Waals surface area contributed by atoms with Crippen LogP contribution >= 0.6 is 0 Å². The maximum absolute atomic E-state index is 10.9. The predicted molar refractivity (Wildman–Crippen MR) is 42.3 cm³/mol. The van der Waals surface area contributed by atoms with Crippen LogP contribution in [0, 0.1) is 0 Å². The number of esters is 1. The Hall–Kier alpha value is -0.570. The van der Waals surface area contributed by atoms with Crippen LogP contribution in [0.2, 0.25) is 0 Å². The summed E-state index contributed by atoms with van der Waals surface area (Å²) in [6, 6.07) is 0. The number of carbonyl (C=O) groups excluding carboxylic acids is 1. The lowest BCUT2D eigenvalue weighted by Gasteiger charge is -2.09. The molecule has 1 aliphatic rings. The van der Waals surface area contributed by atoms with Crippen LogP contribution in [0.15, 0.2) is 0 Å². The third-order valence-corrected chi connectivity index (χ3v) is 1.77. The molecular formula is C8H15NO2. The molecule has 0 bridgehead atoms. The monoisotopic (exact) mass is 157 g/mol. The van der Waals surface area contributed by atoms with Gasteiger partial charge in [0.1, 0.15) is 6.10 Å². The van der Waals surface area contributed by atoms with Crippen molar-refractivity contribution < 1.29 is 9.53 Å². The summed E-state index contributed by atoms with van der Waals surface area (Å²) in [6.45, 7) is 3.79. The van der Waals surface area contributed by atoms with E-state index in [0.29, 0.717) is 6.42 Å². The zero-order valence-electron chi connectivity index (χ0n) is 6.93. The highest BCUT2D eigenvalue weighted by molar-refractivity contribution is 5.69. The Labute approximate surface area is 67.1 Å². The minimum atomic E-state index is -0.0544. The molecule has 0 aromatic carbocycles. The van der Waals surface area contributed by atoms with Gasteiger partial charge in [-0.3, -0.25) is 4.79 Å². The normalized spacial score (nSPS) is 23.5. The van der Waals surface area contributed by atoms with Gasteiger partial charge >= 0.3 is 5.97 Å². The SMILES string of the molecule is CCCC(=O)O[C@H]1CCNC1. The molecule has 3 heteroatoms.